The summed E-state index contributed by atoms with van der Waals surface area (Å²) in [6, 6.07) is 5.48. The fourth-order valence-electron chi connectivity index (χ4n) is 1.42. The molecule has 2 rings (SSSR count). The van der Waals surface area contributed by atoms with E-state index >= 15 is 0 Å². The van der Waals surface area contributed by atoms with E-state index in [0.29, 0.717) is 5.56 Å². The zero-order valence-corrected chi connectivity index (χ0v) is 7.20. The maximum absolute atomic E-state index is 12.6. The van der Waals surface area contributed by atoms with Crippen molar-refractivity contribution in [3.05, 3.63) is 35.6 Å². The topological polar surface area (TPSA) is 43.4 Å². The lowest BCUT2D eigenvalue weighted by molar-refractivity contribution is -0.152. The Bertz CT molecular complexity index is 383. The zero-order valence-electron chi connectivity index (χ0n) is 7.20. The van der Waals surface area contributed by atoms with Gasteiger partial charge in [-0.3, -0.25) is 9.59 Å². The van der Waals surface area contributed by atoms with Crippen LogP contribution in [0.15, 0.2) is 24.3 Å². The molecule has 0 saturated carbocycles. The van der Waals surface area contributed by atoms with E-state index in [9.17, 15) is 14.0 Å². The fraction of sp³-hybridized carbons (Fsp3) is 0.200. The van der Waals surface area contributed by atoms with Gasteiger partial charge in [-0.15, -0.1) is 0 Å². The number of ether oxygens (including phenoxy) is 1. The molecule has 0 radical (unpaired) electrons. The standard InChI is InChI=1S/C10H7FO3/c11-7-3-1-6(2-4-7)8-5-9(12)14-10(8)13/h1-4,8H,5H2/t8-/m0/s1. The number of benzene rings is 1. The number of carbonyl (C=O) groups excluding carboxylic acids is 2. The molecule has 1 saturated heterocycles. The highest BCUT2D eigenvalue weighted by Gasteiger charge is 2.34. The molecule has 1 aromatic carbocycles. The van der Waals surface area contributed by atoms with Crippen molar-refractivity contribution in [2.45, 2.75) is 12.3 Å². The summed E-state index contributed by atoms with van der Waals surface area (Å²) >= 11 is 0. The maximum atomic E-state index is 12.6. The Morgan fingerprint density at radius 3 is 2.36 bits per heavy atom. The molecule has 0 bridgehead atoms. The molecular weight excluding hydrogens is 187 g/mol. The van der Waals surface area contributed by atoms with Crippen molar-refractivity contribution in [2.24, 2.45) is 0 Å². The molecular formula is C10H7FO3. The number of esters is 2. The van der Waals surface area contributed by atoms with Crippen LogP contribution in [0.4, 0.5) is 4.39 Å². The Hall–Kier alpha value is -1.71. The second-order valence-corrected chi connectivity index (χ2v) is 3.10. The number of hydrogen-bond donors (Lipinski definition) is 0. The van der Waals surface area contributed by atoms with Gasteiger partial charge < -0.3 is 4.74 Å². The average Bonchev–Trinajstić information content (AvgIpc) is 2.47. The van der Waals surface area contributed by atoms with Crippen molar-refractivity contribution >= 4 is 11.9 Å². The van der Waals surface area contributed by atoms with Crippen LogP contribution in [0.2, 0.25) is 0 Å². The summed E-state index contributed by atoms with van der Waals surface area (Å²) < 4.78 is 17.0. The van der Waals surface area contributed by atoms with Crippen molar-refractivity contribution in [1.82, 2.24) is 0 Å². The number of carbonyl (C=O) groups is 2. The summed E-state index contributed by atoms with van der Waals surface area (Å²) in [6.45, 7) is 0. The average molecular weight is 194 g/mol. The molecule has 1 atom stereocenters. The van der Waals surface area contributed by atoms with Crippen molar-refractivity contribution in [3.63, 3.8) is 0 Å². The molecule has 4 heteroatoms. The van der Waals surface area contributed by atoms with Gasteiger partial charge in [-0.1, -0.05) is 12.1 Å². The fourth-order valence-corrected chi connectivity index (χ4v) is 1.42. The van der Waals surface area contributed by atoms with E-state index in [1.807, 2.05) is 0 Å². The van der Waals surface area contributed by atoms with Gasteiger partial charge in [0, 0.05) is 0 Å². The Labute approximate surface area is 79.5 Å². The van der Waals surface area contributed by atoms with Crippen LogP contribution in [0.25, 0.3) is 0 Å². The van der Waals surface area contributed by atoms with Crippen LogP contribution < -0.4 is 0 Å². The van der Waals surface area contributed by atoms with Crippen LogP contribution in [-0.2, 0) is 14.3 Å². The van der Waals surface area contributed by atoms with Crippen molar-refractivity contribution in [1.29, 1.82) is 0 Å². The first-order valence-electron chi connectivity index (χ1n) is 4.17. The smallest absolute Gasteiger partial charge is 0.321 e. The van der Waals surface area contributed by atoms with Gasteiger partial charge in [0.25, 0.3) is 0 Å². The summed E-state index contributed by atoms with van der Waals surface area (Å²) in [7, 11) is 0. The van der Waals surface area contributed by atoms with Crippen molar-refractivity contribution in [2.75, 3.05) is 0 Å². The number of hydrogen-bond acceptors (Lipinski definition) is 3. The molecule has 72 valence electrons. The Balaban J connectivity index is 2.27. The van der Waals surface area contributed by atoms with E-state index < -0.39 is 17.9 Å². The second-order valence-electron chi connectivity index (χ2n) is 3.10. The molecule has 0 unspecified atom stereocenters. The molecule has 0 amide bonds. The molecule has 0 aromatic heterocycles. The third-order valence-corrected chi connectivity index (χ3v) is 2.14. The molecule has 0 aliphatic carbocycles. The quantitative estimate of drug-likeness (QED) is 0.501. The Morgan fingerprint density at radius 1 is 1.21 bits per heavy atom. The lowest BCUT2D eigenvalue weighted by atomic mass is 9.98. The highest BCUT2D eigenvalue weighted by Crippen LogP contribution is 2.27. The van der Waals surface area contributed by atoms with Gasteiger partial charge in [-0.2, -0.15) is 0 Å². The third kappa shape index (κ3) is 1.51. The minimum atomic E-state index is -0.567. The summed E-state index contributed by atoms with van der Waals surface area (Å²) in [5.41, 5.74) is 0.613. The predicted octanol–water partition coefficient (Wildman–Crippen LogP) is 1.38. The van der Waals surface area contributed by atoms with Crippen LogP contribution in [0.1, 0.15) is 17.9 Å². The third-order valence-electron chi connectivity index (χ3n) is 2.14. The van der Waals surface area contributed by atoms with Gasteiger partial charge in [0.15, 0.2) is 0 Å². The zero-order chi connectivity index (χ0) is 10.1. The first-order valence-corrected chi connectivity index (χ1v) is 4.17. The minimum Gasteiger partial charge on any atom is -0.393 e. The van der Waals surface area contributed by atoms with Crippen LogP contribution >= 0.6 is 0 Å². The molecule has 0 spiro atoms. The summed E-state index contributed by atoms with van der Waals surface area (Å²) in [5.74, 6) is -2.01. The first-order chi connectivity index (χ1) is 6.66. The molecule has 1 aromatic rings. The van der Waals surface area contributed by atoms with E-state index in [2.05, 4.69) is 4.74 Å². The Kier molecular flexibility index (Phi) is 2.04. The summed E-state index contributed by atoms with van der Waals surface area (Å²) in [4.78, 5) is 21.9. The SMILES string of the molecule is O=C1C[C@@H](c2ccc(F)cc2)C(=O)O1. The molecule has 1 aliphatic heterocycles. The van der Waals surface area contributed by atoms with Crippen LogP contribution in [-0.4, -0.2) is 11.9 Å². The highest BCUT2D eigenvalue weighted by atomic mass is 19.1. The van der Waals surface area contributed by atoms with E-state index in [1.165, 1.54) is 24.3 Å². The molecule has 1 fully saturated rings. The summed E-state index contributed by atoms with van der Waals surface area (Å²) in [5, 5.41) is 0. The predicted molar refractivity (Wildman–Crippen MR) is 44.9 cm³/mol. The maximum Gasteiger partial charge on any atom is 0.321 e. The van der Waals surface area contributed by atoms with E-state index in [-0.39, 0.29) is 12.2 Å². The monoisotopic (exact) mass is 194 g/mol. The number of halogens is 1. The molecule has 3 nitrogen and oxygen atoms in total. The molecule has 1 heterocycles. The van der Waals surface area contributed by atoms with Crippen LogP contribution in [0.3, 0.4) is 0 Å². The summed E-state index contributed by atoms with van der Waals surface area (Å²) in [6.07, 6.45) is 0.0461. The molecule has 1 aliphatic rings. The van der Waals surface area contributed by atoms with Crippen LogP contribution in [0.5, 0.6) is 0 Å². The van der Waals surface area contributed by atoms with Gasteiger partial charge in [0.05, 0.1) is 12.3 Å². The molecule has 14 heavy (non-hydrogen) atoms. The Morgan fingerprint density at radius 2 is 1.86 bits per heavy atom. The number of rotatable bonds is 1. The minimum absolute atomic E-state index is 0.0461. The van der Waals surface area contributed by atoms with Crippen LogP contribution in [0, 0.1) is 5.82 Å². The molecule has 0 N–H and O–H groups in total. The van der Waals surface area contributed by atoms with Gasteiger partial charge in [-0.25, -0.2) is 4.39 Å². The number of cyclic esters (lactones) is 2. The van der Waals surface area contributed by atoms with Gasteiger partial charge in [0.2, 0.25) is 0 Å². The first kappa shape index (κ1) is 8.87. The van der Waals surface area contributed by atoms with Gasteiger partial charge >= 0.3 is 11.9 Å². The van der Waals surface area contributed by atoms with E-state index in [4.69, 9.17) is 0 Å². The largest absolute Gasteiger partial charge is 0.393 e. The van der Waals surface area contributed by atoms with Gasteiger partial charge in [0.1, 0.15) is 5.82 Å². The highest BCUT2D eigenvalue weighted by molar-refractivity contribution is 5.97. The van der Waals surface area contributed by atoms with Gasteiger partial charge in [-0.05, 0) is 17.7 Å². The van der Waals surface area contributed by atoms with Crippen molar-refractivity contribution in [3.8, 4) is 0 Å². The lowest BCUT2D eigenvalue weighted by Crippen LogP contribution is -2.05. The normalized spacial score (nSPS) is 21.1. The van der Waals surface area contributed by atoms with E-state index in [0.717, 1.165) is 0 Å². The van der Waals surface area contributed by atoms with E-state index in [1.54, 1.807) is 0 Å². The second kappa shape index (κ2) is 3.21. The lowest BCUT2D eigenvalue weighted by Gasteiger charge is -2.03. The van der Waals surface area contributed by atoms with Crippen molar-refractivity contribution < 1.29 is 18.7 Å².